The highest BCUT2D eigenvalue weighted by Gasteiger charge is 2.23. The topological polar surface area (TPSA) is 0 Å². The molecular weight excluding hydrogens is 180 g/mol. The second-order valence-corrected chi connectivity index (χ2v) is 4.23. The summed E-state index contributed by atoms with van der Waals surface area (Å²) in [5, 5.41) is 0. The lowest BCUT2D eigenvalue weighted by Crippen LogP contribution is -2.21. The Balaban J connectivity index is -0.000000720. The summed E-state index contributed by atoms with van der Waals surface area (Å²) in [7, 11) is 0. The van der Waals surface area contributed by atoms with Gasteiger partial charge in [-0.2, -0.15) is 0 Å². The SMILES string of the molecule is C.C.CCC(CC)C(CC)C(CC)CC. The van der Waals surface area contributed by atoms with Crippen molar-refractivity contribution in [2.45, 2.75) is 81.6 Å². The summed E-state index contributed by atoms with van der Waals surface area (Å²) in [6.07, 6.45) is 6.84. The zero-order chi connectivity index (χ0) is 10.3. The second kappa shape index (κ2) is 12.1. The van der Waals surface area contributed by atoms with Crippen molar-refractivity contribution in [3.63, 3.8) is 0 Å². The molecule has 0 radical (unpaired) electrons. The van der Waals surface area contributed by atoms with Crippen molar-refractivity contribution in [3.05, 3.63) is 0 Å². The van der Waals surface area contributed by atoms with Gasteiger partial charge in [0.2, 0.25) is 0 Å². The minimum absolute atomic E-state index is 0. The molecule has 15 heavy (non-hydrogen) atoms. The molecule has 0 unspecified atom stereocenters. The fraction of sp³-hybridized carbons (Fsp3) is 1.00. The molecule has 0 nitrogen and oxygen atoms in total. The monoisotopic (exact) mass is 216 g/mol. The summed E-state index contributed by atoms with van der Waals surface area (Å²) in [5.74, 6) is 2.91. The molecule has 0 heteroatoms. The zero-order valence-corrected chi connectivity index (χ0v) is 10.3. The molecule has 0 saturated carbocycles. The first-order valence-electron chi connectivity index (χ1n) is 6.24. The van der Waals surface area contributed by atoms with Crippen LogP contribution in [0.4, 0.5) is 0 Å². The summed E-state index contributed by atoms with van der Waals surface area (Å²) in [6, 6.07) is 0. The van der Waals surface area contributed by atoms with E-state index in [0.29, 0.717) is 0 Å². The lowest BCUT2D eigenvalue weighted by molar-refractivity contribution is 0.195. The number of rotatable bonds is 7. The van der Waals surface area contributed by atoms with Crippen LogP contribution in [0.2, 0.25) is 0 Å². The summed E-state index contributed by atoms with van der Waals surface area (Å²) >= 11 is 0. The molecule has 96 valence electrons. The van der Waals surface area contributed by atoms with Gasteiger partial charge in [0, 0.05) is 0 Å². The Morgan fingerprint density at radius 2 is 0.800 bits per heavy atom. The van der Waals surface area contributed by atoms with Crippen molar-refractivity contribution in [2.75, 3.05) is 0 Å². The highest BCUT2D eigenvalue weighted by atomic mass is 14.3. The van der Waals surface area contributed by atoms with Gasteiger partial charge in [0.15, 0.2) is 0 Å². The van der Waals surface area contributed by atoms with Crippen molar-refractivity contribution in [1.29, 1.82) is 0 Å². The van der Waals surface area contributed by atoms with Gasteiger partial charge in [-0.05, 0) is 17.8 Å². The first-order valence-corrected chi connectivity index (χ1v) is 6.24. The van der Waals surface area contributed by atoms with Gasteiger partial charge in [0.1, 0.15) is 0 Å². The predicted molar refractivity (Wildman–Crippen MR) is 75.4 cm³/mol. The maximum absolute atomic E-state index is 2.36. The fourth-order valence-corrected chi connectivity index (χ4v) is 2.84. The fourth-order valence-electron chi connectivity index (χ4n) is 2.84. The van der Waals surface area contributed by atoms with Crippen molar-refractivity contribution in [1.82, 2.24) is 0 Å². The van der Waals surface area contributed by atoms with E-state index in [0.717, 1.165) is 17.8 Å². The average Bonchev–Trinajstić information content (AvgIpc) is 2.18. The molecule has 0 amide bonds. The van der Waals surface area contributed by atoms with E-state index >= 15 is 0 Å². The third kappa shape index (κ3) is 6.22. The van der Waals surface area contributed by atoms with Crippen LogP contribution in [0.3, 0.4) is 0 Å². The van der Waals surface area contributed by atoms with E-state index in [-0.39, 0.29) is 14.9 Å². The molecule has 0 heterocycles. The molecule has 0 aliphatic carbocycles. The van der Waals surface area contributed by atoms with Gasteiger partial charge in [0.25, 0.3) is 0 Å². The maximum atomic E-state index is 2.36. The minimum Gasteiger partial charge on any atom is -0.0776 e. The van der Waals surface area contributed by atoms with Crippen molar-refractivity contribution >= 4 is 0 Å². The van der Waals surface area contributed by atoms with Crippen molar-refractivity contribution < 1.29 is 0 Å². The van der Waals surface area contributed by atoms with E-state index in [2.05, 4.69) is 34.6 Å². The molecule has 0 aromatic carbocycles. The Bertz CT molecular complexity index is 86.6. The summed E-state index contributed by atoms with van der Waals surface area (Å²) in [4.78, 5) is 0. The molecular formula is C15H36. The molecule has 0 aliphatic heterocycles. The Labute approximate surface area is 99.9 Å². The third-order valence-corrected chi connectivity index (χ3v) is 3.78. The molecule has 0 saturated heterocycles. The van der Waals surface area contributed by atoms with Gasteiger partial charge in [-0.3, -0.25) is 0 Å². The number of hydrogen-bond donors (Lipinski definition) is 0. The molecule has 0 rings (SSSR count). The first kappa shape index (κ1) is 20.4. The van der Waals surface area contributed by atoms with Crippen LogP contribution in [-0.2, 0) is 0 Å². The second-order valence-electron chi connectivity index (χ2n) is 4.23. The van der Waals surface area contributed by atoms with Crippen LogP contribution in [0, 0.1) is 17.8 Å². The molecule has 0 fully saturated rings. The quantitative estimate of drug-likeness (QED) is 0.478. The Hall–Kier alpha value is 0. The van der Waals surface area contributed by atoms with Crippen LogP contribution in [0.5, 0.6) is 0 Å². The molecule has 0 aliphatic rings. The third-order valence-electron chi connectivity index (χ3n) is 3.78. The van der Waals surface area contributed by atoms with Crippen LogP contribution in [0.15, 0.2) is 0 Å². The molecule has 0 spiro atoms. The van der Waals surface area contributed by atoms with E-state index in [4.69, 9.17) is 0 Å². The van der Waals surface area contributed by atoms with Crippen LogP contribution in [0.1, 0.15) is 81.6 Å². The lowest BCUT2D eigenvalue weighted by atomic mass is 9.75. The summed E-state index contributed by atoms with van der Waals surface area (Å²) in [6.45, 7) is 11.7. The lowest BCUT2D eigenvalue weighted by Gasteiger charge is -2.31. The molecule has 0 atom stereocenters. The van der Waals surface area contributed by atoms with Crippen molar-refractivity contribution in [2.24, 2.45) is 17.8 Å². The summed E-state index contributed by atoms with van der Waals surface area (Å²) < 4.78 is 0. The van der Waals surface area contributed by atoms with Gasteiger partial charge in [-0.25, -0.2) is 0 Å². The largest absolute Gasteiger partial charge is 0.0776 e. The Morgan fingerprint density at radius 3 is 0.933 bits per heavy atom. The molecule has 0 bridgehead atoms. The summed E-state index contributed by atoms with van der Waals surface area (Å²) in [5.41, 5.74) is 0. The van der Waals surface area contributed by atoms with Gasteiger partial charge in [-0.1, -0.05) is 81.6 Å². The molecule has 0 aromatic rings. The average molecular weight is 216 g/mol. The smallest absolute Gasteiger partial charge is 0.0360 e. The Morgan fingerprint density at radius 1 is 0.533 bits per heavy atom. The predicted octanol–water partition coefficient (Wildman–Crippen LogP) is 6.16. The van der Waals surface area contributed by atoms with Crippen LogP contribution in [0.25, 0.3) is 0 Å². The van der Waals surface area contributed by atoms with Crippen LogP contribution >= 0.6 is 0 Å². The zero-order valence-electron chi connectivity index (χ0n) is 10.3. The highest BCUT2D eigenvalue weighted by Crippen LogP contribution is 2.33. The minimum atomic E-state index is 0. The van der Waals surface area contributed by atoms with Gasteiger partial charge in [-0.15, -0.1) is 0 Å². The highest BCUT2D eigenvalue weighted by molar-refractivity contribution is 4.73. The number of hydrogen-bond acceptors (Lipinski definition) is 0. The first-order chi connectivity index (χ1) is 6.24. The normalized spacial score (nSPS) is 10.4. The van der Waals surface area contributed by atoms with Crippen LogP contribution < -0.4 is 0 Å². The molecule has 0 N–H and O–H groups in total. The van der Waals surface area contributed by atoms with E-state index in [1.54, 1.807) is 0 Å². The van der Waals surface area contributed by atoms with E-state index in [1.165, 1.54) is 32.1 Å². The van der Waals surface area contributed by atoms with E-state index in [9.17, 15) is 0 Å². The van der Waals surface area contributed by atoms with Crippen LogP contribution in [-0.4, -0.2) is 0 Å². The van der Waals surface area contributed by atoms with E-state index < -0.39 is 0 Å². The van der Waals surface area contributed by atoms with Crippen molar-refractivity contribution in [3.8, 4) is 0 Å². The van der Waals surface area contributed by atoms with Gasteiger partial charge >= 0.3 is 0 Å². The van der Waals surface area contributed by atoms with E-state index in [1.807, 2.05) is 0 Å². The van der Waals surface area contributed by atoms with Gasteiger partial charge in [0.05, 0.1) is 0 Å². The van der Waals surface area contributed by atoms with Gasteiger partial charge < -0.3 is 0 Å². The Kier molecular flexibility index (Phi) is 16.4. The maximum Gasteiger partial charge on any atom is -0.0360 e. The molecule has 0 aromatic heterocycles. The standard InChI is InChI=1S/C13H28.2CH4/c1-6-11(7-2)13(10-5)12(8-3)9-4;;/h11-13H,6-10H2,1-5H3;2*1H4.